The zero-order chi connectivity index (χ0) is 18.4. The molecule has 8 heteroatoms. The van der Waals surface area contributed by atoms with Crippen molar-refractivity contribution in [1.29, 1.82) is 0 Å². The third kappa shape index (κ3) is 4.93. The molecule has 132 valence electrons. The van der Waals surface area contributed by atoms with Gasteiger partial charge in [0.2, 0.25) is 5.91 Å². The second-order valence-corrected chi connectivity index (χ2v) is 6.00. The van der Waals surface area contributed by atoms with Crippen LogP contribution >= 0.6 is 11.8 Å². The van der Waals surface area contributed by atoms with Gasteiger partial charge in [-0.15, -0.1) is 0 Å². The number of ether oxygens (including phenoxy) is 2. The number of methoxy groups -OCH3 is 1. The number of carbonyl (C=O) groups is 3. The Morgan fingerprint density at radius 1 is 1.24 bits per heavy atom. The molecular formula is C17H18N2O5S. The van der Waals surface area contributed by atoms with Gasteiger partial charge in [-0.25, -0.2) is 0 Å². The van der Waals surface area contributed by atoms with Crippen molar-refractivity contribution >= 4 is 40.8 Å². The van der Waals surface area contributed by atoms with Crippen molar-refractivity contribution < 1.29 is 23.9 Å². The summed E-state index contributed by atoms with van der Waals surface area (Å²) in [7, 11) is 1.48. The van der Waals surface area contributed by atoms with Gasteiger partial charge >= 0.3 is 5.97 Å². The van der Waals surface area contributed by atoms with Crippen LogP contribution in [0.25, 0.3) is 6.08 Å². The minimum atomic E-state index is -0.431. The molecule has 1 heterocycles. The second-order valence-electron chi connectivity index (χ2n) is 4.97. The van der Waals surface area contributed by atoms with Crippen LogP contribution in [0.1, 0.15) is 32.3 Å². The standard InChI is InChI=1S/C17H18N2O5S/c1-4-14(20)18-17-19-16(22)13(25-17)9-10-6-7-11(23-3)12(8-10)24-15(21)5-2/h6-9H,4-5H2,1-3H3,(H,18,19,20,22)/b13-9-. The summed E-state index contributed by atoms with van der Waals surface area (Å²) in [5, 5.41) is 2.82. The van der Waals surface area contributed by atoms with Crippen molar-refractivity contribution in [2.24, 2.45) is 4.99 Å². The molecular weight excluding hydrogens is 344 g/mol. The number of amides is 2. The maximum atomic E-state index is 12.0. The number of esters is 1. The van der Waals surface area contributed by atoms with Crippen molar-refractivity contribution in [1.82, 2.24) is 5.32 Å². The van der Waals surface area contributed by atoms with E-state index >= 15 is 0 Å². The van der Waals surface area contributed by atoms with Crippen LogP contribution in [-0.4, -0.2) is 30.1 Å². The summed E-state index contributed by atoms with van der Waals surface area (Å²) < 4.78 is 10.4. The van der Waals surface area contributed by atoms with E-state index in [0.717, 1.165) is 11.8 Å². The Morgan fingerprint density at radius 2 is 2.00 bits per heavy atom. The van der Waals surface area contributed by atoms with Crippen LogP contribution < -0.4 is 14.8 Å². The maximum Gasteiger partial charge on any atom is 0.311 e. The third-order valence-corrected chi connectivity index (χ3v) is 4.08. The first-order chi connectivity index (χ1) is 12.0. The summed E-state index contributed by atoms with van der Waals surface area (Å²) in [6.07, 6.45) is 2.15. The summed E-state index contributed by atoms with van der Waals surface area (Å²) in [5.74, 6) is -0.332. The van der Waals surface area contributed by atoms with Crippen LogP contribution in [0.5, 0.6) is 11.5 Å². The highest BCUT2D eigenvalue weighted by Gasteiger charge is 2.23. The molecule has 1 aromatic carbocycles. The van der Waals surface area contributed by atoms with Crippen molar-refractivity contribution in [3.05, 3.63) is 28.7 Å². The average Bonchev–Trinajstić information content (AvgIpc) is 2.94. The zero-order valence-corrected chi connectivity index (χ0v) is 14.9. The van der Waals surface area contributed by atoms with E-state index in [9.17, 15) is 14.4 Å². The molecule has 0 saturated heterocycles. The van der Waals surface area contributed by atoms with E-state index in [0.29, 0.717) is 22.6 Å². The molecule has 0 aliphatic carbocycles. The summed E-state index contributed by atoms with van der Waals surface area (Å²) in [5.41, 5.74) is 0.647. The fourth-order valence-electron chi connectivity index (χ4n) is 1.88. The van der Waals surface area contributed by atoms with E-state index in [4.69, 9.17) is 9.47 Å². The number of thioether (sulfide) groups is 1. The highest BCUT2D eigenvalue weighted by atomic mass is 32.2. The smallest absolute Gasteiger partial charge is 0.311 e. The molecule has 0 spiro atoms. The van der Waals surface area contributed by atoms with E-state index in [-0.39, 0.29) is 29.2 Å². The van der Waals surface area contributed by atoms with E-state index in [1.807, 2.05) is 0 Å². The van der Waals surface area contributed by atoms with Gasteiger partial charge in [-0.1, -0.05) is 19.9 Å². The molecule has 0 radical (unpaired) electrons. The van der Waals surface area contributed by atoms with Crippen molar-refractivity contribution in [2.45, 2.75) is 26.7 Å². The van der Waals surface area contributed by atoms with Gasteiger partial charge in [0.05, 0.1) is 12.0 Å². The molecule has 1 aromatic rings. The summed E-state index contributed by atoms with van der Waals surface area (Å²) in [6, 6.07) is 4.98. The number of nitrogens with one attached hydrogen (secondary N) is 1. The van der Waals surface area contributed by atoms with Crippen LogP contribution in [0.3, 0.4) is 0 Å². The Bertz CT molecular complexity index is 770. The highest BCUT2D eigenvalue weighted by molar-refractivity contribution is 8.18. The molecule has 1 aliphatic rings. The lowest BCUT2D eigenvalue weighted by Gasteiger charge is -2.09. The Kier molecular flexibility index (Phi) is 6.35. The normalized spacial score (nSPS) is 15.1. The minimum Gasteiger partial charge on any atom is -0.493 e. The number of carbonyl (C=O) groups excluding carboxylic acids is 3. The highest BCUT2D eigenvalue weighted by Crippen LogP contribution is 2.32. The van der Waals surface area contributed by atoms with Gasteiger partial charge < -0.3 is 14.8 Å². The molecule has 2 amide bonds. The molecule has 25 heavy (non-hydrogen) atoms. The van der Waals surface area contributed by atoms with Gasteiger partial charge in [-0.05, 0) is 35.5 Å². The number of benzene rings is 1. The summed E-state index contributed by atoms with van der Waals surface area (Å²) >= 11 is 1.08. The van der Waals surface area contributed by atoms with Gasteiger partial charge in [0, 0.05) is 12.8 Å². The number of aliphatic imine (C=N–C) groups is 1. The zero-order valence-electron chi connectivity index (χ0n) is 14.1. The molecule has 2 rings (SSSR count). The van der Waals surface area contributed by atoms with E-state index in [2.05, 4.69) is 10.3 Å². The van der Waals surface area contributed by atoms with E-state index in [1.165, 1.54) is 7.11 Å². The van der Waals surface area contributed by atoms with E-state index < -0.39 is 5.91 Å². The monoisotopic (exact) mass is 362 g/mol. The third-order valence-electron chi connectivity index (χ3n) is 3.19. The summed E-state index contributed by atoms with van der Waals surface area (Å²) in [6.45, 7) is 3.41. The Morgan fingerprint density at radius 3 is 2.64 bits per heavy atom. The van der Waals surface area contributed by atoms with Crippen molar-refractivity contribution in [3.63, 3.8) is 0 Å². The maximum absolute atomic E-state index is 12.0. The first-order valence-corrected chi connectivity index (χ1v) is 8.49. The molecule has 1 aliphatic heterocycles. The molecule has 0 atom stereocenters. The van der Waals surface area contributed by atoms with Gasteiger partial charge in [-0.2, -0.15) is 4.99 Å². The Balaban J connectivity index is 2.21. The number of hydrogen-bond donors (Lipinski definition) is 1. The molecule has 0 fully saturated rings. The molecule has 0 unspecified atom stereocenters. The fraction of sp³-hybridized carbons (Fsp3) is 0.294. The molecule has 7 nitrogen and oxygen atoms in total. The topological polar surface area (TPSA) is 94.1 Å². The SMILES string of the molecule is CCC(=O)NC1=NC(=O)/C(=C/c2ccc(OC)c(OC(=O)CC)c2)S1. The van der Waals surface area contributed by atoms with Gasteiger partial charge in [0.15, 0.2) is 16.7 Å². The number of hydrogen-bond acceptors (Lipinski definition) is 6. The van der Waals surface area contributed by atoms with Gasteiger partial charge in [-0.3, -0.25) is 14.4 Å². The Hall–Kier alpha value is -2.61. The lowest BCUT2D eigenvalue weighted by Crippen LogP contribution is -2.26. The number of rotatable bonds is 5. The molecule has 0 saturated carbocycles. The van der Waals surface area contributed by atoms with Crippen LogP contribution in [0.15, 0.2) is 28.1 Å². The van der Waals surface area contributed by atoms with Crippen LogP contribution in [0, 0.1) is 0 Å². The van der Waals surface area contributed by atoms with Gasteiger partial charge in [0.25, 0.3) is 5.91 Å². The van der Waals surface area contributed by atoms with Crippen molar-refractivity contribution in [3.8, 4) is 11.5 Å². The summed E-state index contributed by atoms with van der Waals surface area (Å²) in [4.78, 5) is 39.0. The fourth-order valence-corrected chi connectivity index (χ4v) is 2.71. The van der Waals surface area contributed by atoms with Crippen LogP contribution in [0.2, 0.25) is 0 Å². The van der Waals surface area contributed by atoms with E-state index in [1.54, 1.807) is 38.1 Å². The quantitative estimate of drug-likeness (QED) is 0.491. The predicted octanol–water partition coefficient (Wildman–Crippen LogP) is 2.51. The van der Waals surface area contributed by atoms with Crippen LogP contribution in [-0.2, 0) is 14.4 Å². The van der Waals surface area contributed by atoms with Crippen molar-refractivity contribution in [2.75, 3.05) is 7.11 Å². The first-order valence-electron chi connectivity index (χ1n) is 7.68. The number of amidine groups is 1. The predicted molar refractivity (Wildman–Crippen MR) is 95.4 cm³/mol. The lowest BCUT2D eigenvalue weighted by molar-refractivity contribution is -0.134. The average molecular weight is 362 g/mol. The second kappa shape index (κ2) is 8.48. The molecule has 1 N–H and O–H groups in total. The van der Waals surface area contributed by atoms with Gasteiger partial charge in [0.1, 0.15) is 0 Å². The minimum absolute atomic E-state index is 0.210. The Labute approximate surface area is 149 Å². The van der Waals surface area contributed by atoms with Crippen LogP contribution in [0.4, 0.5) is 0 Å². The largest absolute Gasteiger partial charge is 0.493 e. The lowest BCUT2D eigenvalue weighted by atomic mass is 10.2. The molecule has 0 aromatic heterocycles. The number of nitrogens with zero attached hydrogens (tertiary/aromatic N) is 1. The first kappa shape index (κ1) is 18.7. The molecule has 0 bridgehead atoms.